The van der Waals surface area contributed by atoms with E-state index in [9.17, 15) is 14.7 Å². The summed E-state index contributed by atoms with van der Waals surface area (Å²) < 4.78 is 6.15. The molecule has 0 bridgehead atoms. The van der Waals surface area contributed by atoms with Crippen molar-refractivity contribution in [2.45, 2.75) is 6.92 Å². The number of aromatic nitrogens is 2. The summed E-state index contributed by atoms with van der Waals surface area (Å²) in [6, 6.07) is 14.1. The normalized spacial score (nSPS) is 14.1. The van der Waals surface area contributed by atoms with Gasteiger partial charge in [0.25, 0.3) is 5.56 Å². The van der Waals surface area contributed by atoms with Gasteiger partial charge in [0, 0.05) is 16.8 Å². The third-order valence-corrected chi connectivity index (χ3v) is 4.61. The zero-order valence-corrected chi connectivity index (χ0v) is 15.3. The molecule has 0 aliphatic carbocycles. The minimum Gasteiger partial charge on any atom is -0.497 e. The topological polar surface area (TPSA) is 96.7 Å². The maximum absolute atomic E-state index is 12.4. The Morgan fingerprint density at radius 3 is 2.54 bits per heavy atom. The van der Waals surface area contributed by atoms with Crippen molar-refractivity contribution in [3.8, 4) is 17.3 Å². The van der Waals surface area contributed by atoms with E-state index < -0.39 is 17.1 Å². The Kier molecular flexibility index (Phi) is 4.19. The summed E-state index contributed by atoms with van der Waals surface area (Å²) in [5.41, 5.74) is 2.09. The van der Waals surface area contributed by atoms with E-state index >= 15 is 0 Å². The molecule has 1 aliphatic rings. The molecule has 4 rings (SSSR count). The van der Waals surface area contributed by atoms with Gasteiger partial charge in [0.05, 0.1) is 18.5 Å². The van der Waals surface area contributed by atoms with Crippen molar-refractivity contribution in [3.05, 3.63) is 80.5 Å². The van der Waals surface area contributed by atoms with Gasteiger partial charge in [-0.05, 0) is 43.3 Å². The summed E-state index contributed by atoms with van der Waals surface area (Å²) in [6.07, 6.45) is 1.55. The largest absolute Gasteiger partial charge is 0.497 e. The molecule has 0 unspecified atom stereocenters. The third kappa shape index (κ3) is 2.83. The van der Waals surface area contributed by atoms with Crippen LogP contribution in [0.1, 0.15) is 18.1 Å². The second kappa shape index (κ2) is 6.70. The van der Waals surface area contributed by atoms with Crippen LogP contribution >= 0.6 is 0 Å². The number of para-hydroxylation sites is 1. The Balaban J connectivity index is 1.91. The highest BCUT2D eigenvalue weighted by Gasteiger charge is 2.20. The number of rotatable bonds is 3. The number of nitrogens with zero attached hydrogens (tertiary/aromatic N) is 2. The lowest BCUT2D eigenvalue weighted by atomic mass is 10.0. The molecule has 1 aliphatic heterocycles. The van der Waals surface area contributed by atoms with Crippen LogP contribution in [0.5, 0.6) is 11.6 Å². The smallest absolute Gasteiger partial charge is 0.335 e. The number of aromatic hydroxyl groups is 1. The number of aromatic amines is 1. The third-order valence-electron chi connectivity index (χ3n) is 4.61. The minimum absolute atomic E-state index is 0.0170. The van der Waals surface area contributed by atoms with Crippen molar-refractivity contribution in [3.63, 3.8) is 0 Å². The Morgan fingerprint density at radius 2 is 1.82 bits per heavy atom. The molecule has 0 saturated carbocycles. The molecule has 0 spiro atoms. The molecule has 7 heteroatoms. The van der Waals surface area contributed by atoms with Crippen LogP contribution < -0.4 is 16.0 Å². The van der Waals surface area contributed by atoms with Gasteiger partial charge in [-0.3, -0.25) is 14.8 Å². The van der Waals surface area contributed by atoms with E-state index in [1.54, 1.807) is 30.3 Å². The summed E-state index contributed by atoms with van der Waals surface area (Å²) in [7, 11) is 1.53. The first-order valence-electron chi connectivity index (χ1n) is 8.59. The Hall–Kier alpha value is -3.87. The molecule has 2 aromatic carbocycles. The molecule has 28 heavy (non-hydrogen) atoms. The van der Waals surface area contributed by atoms with E-state index in [4.69, 9.17) is 4.74 Å². The number of ether oxygens (including phenoxy) is 1. The Labute approximate surface area is 159 Å². The number of allylic oxidation sites excluding steroid dienone is 1. The summed E-state index contributed by atoms with van der Waals surface area (Å²) in [5, 5.41) is 10.8. The van der Waals surface area contributed by atoms with Gasteiger partial charge in [-0.25, -0.2) is 9.36 Å². The van der Waals surface area contributed by atoms with Gasteiger partial charge in [0.1, 0.15) is 11.3 Å². The highest BCUT2D eigenvalue weighted by molar-refractivity contribution is 6.31. The molecule has 2 N–H and O–H groups in total. The van der Waals surface area contributed by atoms with Gasteiger partial charge in [0.2, 0.25) is 5.88 Å². The van der Waals surface area contributed by atoms with Gasteiger partial charge in [-0.2, -0.15) is 0 Å². The van der Waals surface area contributed by atoms with E-state index in [1.807, 2.05) is 31.2 Å². The lowest BCUT2D eigenvalue weighted by Gasteiger charge is -2.11. The van der Waals surface area contributed by atoms with E-state index in [2.05, 4.69) is 9.98 Å². The van der Waals surface area contributed by atoms with Crippen LogP contribution in [0.4, 0.5) is 5.69 Å². The molecule has 3 aromatic rings. The number of hydrogen-bond acceptors (Lipinski definition) is 5. The van der Waals surface area contributed by atoms with Gasteiger partial charge in [-0.1, -0.05) is 18.2 Å². The maximum Gasteiger partial charge on any atom is 0.335 e. The van der Waals surface area contributed by atoms with Crippen LogP contribution in [0.15, 0.2) is 63.1 Å². The fourth-order valence-electron chi connectivity index (χ4n) is 3.20. The number of aliphatic imine (C=N–C) groups is 1. The number of benzene rings is 2. The number of nitrogens with one attached hydrogen (secondary N) is 1. The maximum atomic E-state index is 12.4. The van der Waals surface area contributed by atoms with Crippen molar-refractivity contribution in [2.24, 2.45) is 4.99 Å². The first-order chi connectivity index (χ1) is 13.5. The number of hydrogen-bond donors (Lipinski definition) is 2. The lowest BCUT2D eigenvalue weighted by molar-refractivity contribution is 0.414. The molecule has 0 saturated heterocycles. The first-order valence-corrected chi connectivity index (χ1v) is 8.59. The quantitative estimate of drug-likeness (QED) is 0.736. The van der Waals surface area contributed by atoms with Crippen molar-refractivity contribution in [1.29, 1.82) is 0 Å². The van der Waals surface area contributed by atoms with Gasteiger partial charge in [0.15, 0.2) is 0 Å². The first kappa shape index (κ1) is 17.5. The molecular formula is C21H17N3O4. The van der Waals surface area contributed by atoms with E-state index in [-0.39, 0.29) is 5.56 Å². The highest BCUT2D eigenvalue weighted by atomic mass is 16.5. The van der Waals surface area contributed by atoms with Gasteiger partial charge in [-0.15, -0.1) is 0 Å². The molecule has 0 atom stereocenters. The predicted molar refractivity (Wildman–Crippen MR) is 108 cm³/mol. The molecule has 7 nitrogen and oxygen atoms in total. The molecule has 1 aromatic heterocycles. The molecule has 0 fully saturated rings. The zero-order chi connectivity index (χ0) is 19.8. The predicted octanol–water partition coefficient (Wildman–Crippen LogP) is 2.89. The van der Waals surface area contributed by atoms with E-state index in [1.165, 1.54) is 7.11 Å². The fraction of sp³-hybridized carbons (Fsp3) is 0.0952. The van der Waals surface area contributed by atoms with Crippen LogP contribution in [0, 0.1) is 0 Å². The summed E-state index contributed by atoms with van der Waals surface area (Å²) in [6.45, 7) is 1.83. The number of fused-ring (bicyclic) bond motifs is 1. The van der Waals surface area contributed by atoms with Crippen LogP contribution in [0.2, 0.25) is 0 Å². The van der Waals surface area contributed by atoms with Crippen molar-refractivity contribution in [1.82, 2.24) is 9.55 Å². The van der Waals surface area contributed by atoms with Crippen LogP contribution in [-0.4, -0.2) is 27.5 Å². The fourth-order valence-corrected chi connectivity index (χ4v) is 3.20. The second-order valence-electron chi connectivity index (χ2n) is 6.30. The van der Waals surface area contributed by atoms with Crippen molar-refractivity contribution in [2.75, 3.05) is 7.11 Å². The van der Waals surface area contributed by atoms with E-state index in [0.29, 0.717) is 11.4 Å². The Bertz CT molecular complexity index is 1250. The molecule has 2 heterocycles. The summed E-state index contributed by atoms with van der Waals surface area (Å²) in [4.78, 5) is 31.5. The standard InChI is InChI=1S/C21H17N3O4/c1-12-16(15-5-3-4-6-18(15)22-12)11-17-19(25)23-21(27)24(20(17)26)13-7-9-14(28-2)10-8-13/h3-11,26H,1-2H3,(H,23,25,27). The van der Waals surface area contributed by atoms with Crippen LogP contribution in [0.3, 0.4) is 0 Å². The van der Waals surface area contributed by atoms with E-state index in [0.717, 1.165) is 27.1 Å². The number of methoxy groups -OCH3 is 1. The second-order valence-corrected chi connectivity index (χ2v) is 6.30. The average molecular weight is 375 g/mol. The average Bonchev–Trinajstić information content (AvgIpc) is 3.00. The zero-order valence-electron chi connectivity index (χ0n) is 15.3. The Morgan fingerprint density at radius 1 is 1.11 bits per heavy atom. The van der Waals surface area contributed by atoms with Gasteiger partial charge >= 0.3 is 5.69 Å². The minimum atomic E-state index is -0.730. The van der Waals surface area contributed by atoms with Crippen molar-refractivity contribution >= 4 is 23.0 Å². The van der Waals surface area contributed by atoms with Crippen LogP contribution in [-0.2, 0) is 0 Å². The summed E-state index contributed by atoms with van der Waals surface area (Å²) >= 11 is 0. The lowest BCUT2D eigenvalue weighted by Crippen LogP contribution is -2.30. The van der Waals surface area contributed by atoms with Gasteiger partial charge < -0.3 is 9.84 Å². The number of H-pyrrole nitrogens is 1. The van der Waals surface area contributed by atoms with Crippen LogP contribution in [0.25, 0.3) is 17.3 Å². The monoisotopic (exact) mass is 375 g/mol. The summed E-state index contributed by atoms with van der Waals surface area (Å²) in [5.74, 6) is 0.168. The molecule has 0 radical (unpaired) electrons. The SMILES string of the molecule is COc1ccc(-n2c(O)c(C=C3C(C)=Nc4ccccc43)c(=O)[nH]c2=O)cc1. The highest BCUT2D eigenvalue weighted by Crippen LogP contribution is 2.36. The van der Waals surface area contributed by atoms with Crippen molar-refractivity contribution < 1.29 is 9.84 Å². The molecule has 0 amide bonds. The molecular weight excluding hydrogens is 358 g/mol. The molecule has 140 valence electrons.